The van der Waals surface area contributed by atoms with Crippen molar-refractivity contribution in [1.29, 1.82) is 0 Å². The van der Waals surface area contributed by atoms with Crippen LogP contribution >= 0.6 is 11.6 Å². The number of aliphatic imine (C=N–C) groups is 1. The lowest BCUT2D eigenvalue weighted by molar-refractivity contribution is 0.348. The van der Waals surface area contributed by atoms with Crippen LogP contribution in [-0.2, 0) is 11.2 Å². The average Bonchev–Trinajstić information content (AvgIpc) is 3.01. The Hall–Kier alpha value is -2.07. The Bertz CT molecular complexity index is 622. The molecule has 3 rings (SSSR count). The molecule has 1 aliphatic rings. The zero-order valence-electron chi connectivity index (χ0n) is 11.5. The summed E-state index contributed by atoms with van der Waals surface area (Å²) in [6.07, 6.45) is 4.36. The van der Waals surface area contributed by atoms with Gasteiger partial charge in [0.2, 0.25) is 0 Å². The van der Waals surface area contributed by atoms with E-state index in [0.29, 0.717) is 17.7 Å². The Morgan fingerprint density at radius 1 is 1.29 bits per heavy atom. The van der Waals surface area contributed by atoms with E-state index in [-0.39, 0.29) is 6.04 Å². The summed E-state index contributed by atoms with van der Waals surface area (Å²) >= 11 is 6.10. The summed E-state index contributed by atoms with van der Waals surface area (Å²) in [7, 11) is 0. The smallest absolute Gasteiger partial charge is 0.285 e. The molecule has 0 amide bonds. The fourth-order valence-corrected chi connectivity index (χ4v) is 2.47. The van der Waals surface area contributed by atoms with Crippen molar-refractivity contribution in [2.45, 2.75) is 12.5 Å². The van der Waals surface area contributed by atoms with Crippen molar-refractivity contribution in [1.82, 2.24) is 10.3 Å². The summed E-state index contributed by atoms with van der Waals surface area (Å²) in [4.78, 5) is 8.74. The first-order valence-electron chi connectivity index (χ1n) is 6.90. The minimum absolute atomic E-state index is 0.0355. The molecule has 5 heteroatoms. The first-order chi connectivity index (χ1) is 10.3. The van der Waals surface area contributed by atoms with Crippen LogP contribution in [0.1, 0.15) is 17.2 Å². The van der Waals surface area contributed by atoms with Gasteiger partial charge < -0.3 is 10.1 Å². The lowest BCUT2D eigenvalue weighted by Gasteiger charge is -2.14. The molecule has 4 nitrogen and oxygen atoms in total. The zero-order valence-corrected chi connectivity index (χ0v) is 12.3. The van der Waals surface area contributed by atoms with E-state index in [9.17, 15) is 0 Å². The average molecular weight is 302 g/mol. The molecule has 0 saturated carbocycles. The van der Waals surface area contributed by atoms with Crippen LogP contribution in [0.2, 0.25) is 5.02 Å². The molecule has 0 spiro atoms. The number of hydrogen-bond donors (Lipinski definition) is 1. The molecule has 0 aliphatic carbocycles. The SMILES string of the molecule is Clc1cccc(C(Cc2ccncc2)/N=C2/NCCO2)c1. The van der Waals surface area contributed by atoms with Crippen LogP contribution in [0.25, 0.3) is 0 Å². The lowest BCUT2D eigenvalue weighted by Crippen LogP contribution is -2.17. The van der Waals surface area contributed by atoms with E-state index in [4.69, 9.17) is 16.3 Å². The topological polar surface area (TPSA) is 46.5 Å². The predicted molar refractivity (Wildman–Crippen MR) is 83.5 cm³/mol. The van der Waals surface area contributed by atoms with E-state index in [1.54, 1.807) is 12.4 Å². The number of halogens is 1. The zero-order chi connectivity index (χ0) is 14.5. The van der Waals surface area contributed by atoms with Gasteiger partial charge in [-0.05, 0) is 41.8 Å². The van der Waals surface area contributed by atoms with E-state index in [1.807, 2.05) is 36.4 Å². The molecule has 1 aliphatic heterocycles. The maximum absolute atomic E-state index is 6.10. The summed E-state index contributed by atoms with van der Waals surface area (Å²) in [6.45, 7) is 1.46. The van der Waals surface area contributed by atoms with Gasteiger partial charge in [0.1, 0.15) is 6.61 Å². The van der Waals surface area contributed by atoms with Gasteiger partial charge in [-0.1, -0.05) is 23.7 Å². The molecular weight excluding hydrogens is 286 g/mol. The number of hydrogen-bond acceptors (Lipinski definition) is 3. The van der Waals surface area contributed by atoms with Crippen molar-refractivity contribution in [2.24, 2.45) is 4.99 Å². The molecule has 2 aromatic rings. The first-order valence-corrected chi connectivity index (χ1v) is 7.28. The Balaban J connectivity index is 1.88. The minimum atomic E-state index is -0.0355. The molecule has 1 atom stereocenters. The standard InChI is InChI=1S/C16H16ClN3O/c17-14-3-1-2-13(11-14)15(20-16-19-8-9-21-16)10-12-4-6-18-7-5-12/h1-7,11,15H,8-10H2,(H,19,20). The van der Waals surface area contributed by atoms with Crippen molar-refractivity contribution in [3.05, 3.63) is 64.9 Å². The molecule has 0 radical (unpaired) electrons. The van der Waals surface area contributed by atoms with Crippen molar-refractivity contribution < 1.29 is 4.74 Å². The third-order valence-corrected chi connectivity index (χ3v) is 3.54. The summed E-state index contributed by atoms with van der Waals surface area (Å²) in [5.74, 6) is 0. The normalized spacial score (nSPS) is 17.3. The molecule has 0 bridgehead atoms. The van der Waals surface area contributed by atoms with Gasteiger partial charge in [0.15, 0.2) is 0 Å². The van der Waals surface area contributed by atoms with Crippen molar-refractivity contribution in [2.75, 3.05) is 13.2 Å². The van der Waals surface area contributed by atoms with Gasteiger partial charge in [-0.15, -0.1) is 0 Å². The monoisotopic (exact) mass is 301 g/mol. The van der Waals surface area contributed by atoms with E-state index >= 15 is 0 Å². The van der Waals surface area contributed by atoms with Crippen molar-refractivity contribution >= 4 is 17.6 Å². The van der Waals surface area contributed by atoms with Crippen LogP contribution in [0.5, 0.6) is 0 Å². The van der Waals surface area contributed by atoms with Gasteiger partial charge >= 0.3 is 0 Å². The Labute approximate surface area is 128 Å². The number of nitrogens with one attached hydrogen (secondary N) is 1. The number of aromatic nitrogens is 1. The molecule has 1 saturated heterocycles. The quantitative estimate of drug-likeness (QED) is 0.944. The highest BCUT2D eigenvalue weighted by atomic mass is 35.5. The van der Waals surface area contributed by atoms with Crippen molar-refractivity contribution in [3.63, 3.8) is 0 Å². The van der Waals surface area contributed by atoms with Crippen LogP contribution in [0.4, 0.5) is 0 Å². The number of rotatable bonds is 4. The summed E-state index contributed by atoms with van der Waals surface area (Å²) in [5, 5.41) is 3.86. The fraction of sp³-hybridized carbons (Fsp3) is 0.250. The van der Waals surface area contributed by atoms with Gasteiger partial charge in [0.25, 0.3) is 6.02 Å². The van der Waals surface area contributed by atoms with Crippen LogP contribution in [0.15, 0.2) is 53.8 Å². The van der Waals surface area contributed by atoms with Gasteiger partial charge in [0, 0.05) is 17.4 Å². The lowest BCUT2D eigenvalue weighted by atomic mass is 10.0. The Kier molecular flexibility index (Phi) is 4.36. The summed E-state index contributed by atoms with van der Waals surface area (Å²) in [5.41, 5.74) is 2.25. The third-order valence-electron chi connectivity index (χ3n) is 3.30. The molecule has 1 fully saturated rings. The Morgan fingerprint density at radius 3 is 2.86 bits per heavy atom. The largest absolute Gasteiger partial charge is 0.463 e. The fourth-order valence-electron chi connectivity index (χ4n) is 2.28. The molecule has 1 N–H and O–H groups in total. The molecule has 21 heavy (non-hydrogen) atoms. The van der Waals surface area contributed by atoms with Crippen LogP contribution in [0.3, 0.4) is 0 Å². The number of benzene rings is 1. The molecule has 2 heterocycles. The molecule has 1 aromatic heterocycles. The molecule has 108 valence electrons. The summed E-state index contributed by atoms with van der Waals surface area (Å²) in [6, 6.07) is 12.4. The highest BCUT2D eigenvalue weighted by Gasteiger charge is 2.16. The number of ether oxygens (including phenoxy) is 1. The van der Waals surface area contributed by atoms with Gasteiger partial charge in [-0.2, -0.15) is 0 Å². The minimum Gasteiger partial charge on any atom is -0.463 e. The number of nitrogens with zero attached hydrogens (tertiary/aromatic N) is 2. The third kappa shape index (κ3) is 3.73. The maximum atomic E-state index is 6.10. The molecular formula is C16H16ClN3O. The van der Waals surface area contributed by atoms with E-state index in [2.05, 4.69) is 15.3 Å². The van der Waals surface area contributed by atoms with Crippen LogP contribution < -0.4 is 5.32 Å². The second-order valence-electron chi connectivity index (χ2n) is 4.84. The van der Waals surface area contributed by atoms with E-state index in [1.165, 1.54) is 5.56 Å². The molecule has 1 unspecified atom stereocenters. The second kappa shape index (κ2) is 6.59. The van der Waals surface area contributed by atoms with Gasteiger partial charge in [-0.3, -0.25) is 4.98 Å². The molecule has 1 aromatic carbocycles. The van der Waals surface area contributed by atoms with Crippen LogP contribution in [0, 0.1) is 0 Å². The number of pyridine rings is 1. The Morgan fingerprint density at radius 2 is 2.14 bits per heavy atom. The van der Waals surface area contributed by atoms with Crippen LogP contribution in [-0.4, -0.2) is 24.2 Å². The highest BCUT2D eigenvalue weighted by molar-refractivity contribution is 6.30. The second-order valence-corrected chi connectivity index (χ2v) is 5.28. The van der Waals surface area contributed by atoms with Gasteiger partial charge in [-0.25, -0.2) is 4.99 Å². The maximum Gasteiger partial charge on any atom is 0.285 e. The van der Waals surface area contributed by atoms with Gasteiger partial charge in [0.05, 0.1) is 12.6 Å². The predicted octanol–water partition coefficient (Wildman–Crippen LogP) is 2.99. The number of amidine groups is 1. The van der Waals surface area contributed by atoms with E-state index in [0.717, 1.165) is 18.5 Å². The van der Waals surface area contributed by atoms with E-state index < -0.39 is 0 Å². The highest BCUT2D eigenvalue weighted by Crippen LogP contribution is 2.25. The summed E-state index contributed by atoms with van der Waals surface area (Å²) < 4.78 is 5.47. The first kappa shape index (κ1) is 13.9. The van der Waals surface area contributed by atoms with Crippen molar-refractivity contribution in [3.8, 4) is 0 Å².